The van der Waals surface area contributed by atoms with Gasteiger partial charge in [0.2, 0.25) is 5.91 Å². The summed E-state index contributed by atoms with van der Waals surface area (Å²) in [4.78, 5) is 32.6. The number of carbonyl (C=O) groups excluding carboxylic acids is 2. The summed E-state index contributed by atoms with van der Waals surface area (Å²) in [6, 6.07) is 16.2. The molecule has 2 fully saturated rings. The lowest BCUT2D eigenvalue weighted by molar-refractivity contribution is -0.116. The Labute approximate surface area is 192 Å². The molecule has 33 heavy (non-hydrogen) atoms. The molecular formula is C24H22N4O4S. The number of amides is 2. The van der Waals surface area contributed by atoms with Gasteiger partial charge in [0, 0.05) is 11.3 Å². The fourth-order valence-corrected chi connectivity index (χ4v) is 5.64. The van der Waals surface area contributed by atoms with Gasteiger partial charge in [-0.25, -0.2) is 4.79 Å². The number of hydrogen-bond acceptors (Lipinski definition) is 6. The van der Waals surface area contributed by atoms with Gasteiger partial charge in [0.25, 0.3) is 0 Å². The van der Waals surface area contributed by atoms with Gasteiger partial charge in [-0.3, -0.25) is 14.8 Å². The Kier molecular flexibility index (Phi) is 5.55. The standard InChI is InChI=1S/C24H22N4O4S/c1-31-22-17-9-14(7-8-18(17)26-11-20(22)32-23(25)30)12-33-13-21(29)28-24(33)27-19-10-16(19)15-5-3-2-4-6-15/h2-9,11-12,16,19H,10,13H2,1H3,(H2,25,30)(H,27,28,29)/t16-,19+,33?/m0/s1. The van der Waals surface area contributed by atoms with Crippen molar-refractivity contribution in [2.45, 2.75) is 18.4 Å². The predicted molar refractivity (Wildman–Crippen MR) is 129 cm³/mol. The van der Waals surface area contributed by atoms with Crippen LogP contribution in [0.2, 0.25) is 0 Å². The Hall–Kier alpha value is -3.72. The van der Waals surface area contributed by atoms with Crippen LogP contribution in [0.4, 0.5) is 4.79 Å². The number of benzene rings is 2. The van der Waals surface area contributed by atoms with E-state index in [-0.39, 0.29) is 17.7 Å². The quantitative estimate of drug-likeness (QED) is 0.565. The number of methoxy groups -OCH3 is 1. The lowest BCUT2D eigenvalue weighted by Gasteiger charge is -2.11. The second-order valence-corrected chi connectivity index (χ2v) is 9.62. The van der Waals surface area contributed by atoms with Gasteiger partial charge < -0.3 is 20.5 Å². The van der Waals surface area contributed by atoms with Crippen LogP contribution in [0.15, 0.2) is 59.7 Å². The fourth-order valence-electron chi connectivity index (χ4n) is 3.96. The number of nitrogens with zero attached hydrogens (tertiary/aromatic N) is 2. The topological polar surface area (TPSA) is 116 Å². The van der Waals surface area contributed by atoms with Gasteiger partial charge in [0.05, 0.1) is 30.6 Å². The molecule has 3 N–H and O–H groups in total. The number of nitrogens with one attached hydrogen (secondary N) is 1. The minimum Gasteiger partial charge on any atom is -0.492 e. The van der Waals surface area contributed by atoms with E-state index in [0.29, 0.717) is 28.3 Å². The lowest BCUT2D eigenvalue weighted by Crippen LogP contribution is -2.20. The highest BCUT2D eigenvalue weighted by Crippen LogP contribution is 2.44. The zero-order valence-electron chi connectivity index (χ0n) is 17.9. The summed E-state index contributed by atoms with van der Waals surface area (Å²) < 4.78 is 10.5. The molecule has 5 rings (SSSR count). The fraction of sp³-hybridized carbons (Fsp3) is 0.208. The molecule has 3 aromatic rings. The maximum absolute atomic E-state index is 12.2. The summed E-state index contributed by atoms with van der Waals surface area (Å²) in [6.45, 7) is 0. The number of aromatic nitrogens is 1. The third kappa shape index (κ3) is 4.45. The number of fused-ring (bicyclic) bond motifs is 1. The highest BCUT2D eigenvalue weighted by molar-refractivity contribution is 8.29. The zero-order valence-corrected chi connectivity index (χ0v) is 18.7. The van der Waals surface area contributed by atoms with Crippen LogP contribution >= 0.6 is 10.5 Å². The van der Waals surface area contributed by atoms with E-state index < -0.39 is 16.6 Å². The smallest absolute Gasteiger partial charge is 0.410 e. The molecule has 2 amide bonds. The van der Waals surface area contributed by atoms with Crippen LogP contribution in [0.5, 0.6) is 11.5 Å². The SMILES string of the molecule is COc1c(OC(N)=O)cnc2ccc(/C=S3/CC(=O)NC3=N[C@@H]3C[C@H]3c3ccccc3)cc12. The first-order valence-electron chi connectivity index (χ1n) is 10.4. The number of hydrogen-bond donors (Lipinski definition) is 2. The normalized spacial score (nSPS) is 23.0. The van der Waals surface area contributed by atoms with Crippen molar-refractivity contribution in [3.63, 3.8) is 0 Å². The van der Waals surface area contributed by atoms with Crippen molar-refractivity contribution in [1.29, 1.82) is 0 Å². The van der Waals surface area contributed by atoms with E-state index >= 15 is 0 Å². The summed E-state index contributed by atoms with van der Waals surface area (Å²) in [5.41, 5.74) is 8.00. The Morgan fingerprint density at radius 2 is 2.09 bits per heavy atom. The van der Waals surface area contributed by atoms with E-state index in [2.05, 4.69) is 22.4 Å². The van der Waals surface area contributed by atoms with Crippen LogP contribution in [-0.4, -0.2) is 46.4 Å². The molecule has 0 bridgehead atoms. The number of primary amides is 1. The molecule has 0 radical (unpaired) electrons. The lowest BCUT2D eigenvalue weighted by atomic mass is 10.1. The van der Waals surface area contributed by atoms with Gasteiger partial charge in [-0.15, -0.1) is 10.5 Å². The average Bonchev–Trinajstić information content (AvgIpc) is 3.49. The number of rotatable bonds is 5. The summed E-state index contributed by atoms with van der Waals surface area (Å²) in [5, 5.41) is 6.39. The van der Waals surface area contributed by atoms with Gasteiger partial charge in [-0.05, 0) is 35.0 Å². The van der Waals surface area contributed by atoms with E-state index in [9.17, 15) is 9.59 Å². The van der Waals surface area contributed by atoms with E-state index in [1.165, 1.54) is 18.9 Å². The molecule has 0 spiro atoms. The van der Waals surface area contributed by atoms with E-state index in [4.69, 9.17) is 20.2 Å². The molecule has 168 valence electrons. The van der Waals surface area contributed by atoms with Crippen LogP contribution in [-0.2, 0) is 4.79 Å². The molecule has 1 saturated carbocycles. The molecule has 9 heteroatoms. The Morgan fingerprint density at radius 1 is 1.27 bits per heavy atom. The maximum atomic E-state index is 12.2. The van der Waals surface area contributed by atoms with Crippen molar-refractivity contribution in [3.05, 3.63) is 65.9 Å². The van der Waals surface area contributed by atoms with Gasteiger partial charge in [-0.2, -0.15) is 0 Å². The van der Waals surface area contributed by atoms with Crippen molar-refractivity contribution in [2.75, 3.05) is 12.9 Å². The van der Waals surface area contributed by atoms with Crippen molar-refractivity contribution >= 4 is 43.9 Å². The maximum Gasteiger partial charge on any atom is 0.410 e. The van der Waals surface area contributed by atoms with Crippen molar-refractivity contribution in [3.8, 4) is 11.5 Å². The van der Waals surface area contributed by atoms with Crippen LogP contribution in [0.1, 0.15) is 23.5 Å². The third-order valence-corrected chi connectivity index (χ3v) is 7.39. The first-order valence-corrected chi connectivity index (χ1v) is 11.9. The van der Waals surface area contributed by atoms with Crippen LogP contribution in [0, 0.1) is 0 Å². The Balaban J connectivity index is 1.46. The van der Waals surface area contributed by atoms with E-state index in [1.807, 2.05) is 41.8 Å². The molecule has 1 aliphatic heterocycles. The van der Waals surface area contributed by atoms with Crippen molar-refractivity contribution < 1.29 is 19.1 Å². The third-order valence-electron chi connectivity index (χ3n) is 5.55. The molecule has 2 heterocycles. The summed E-state index contributed by atoms with van der Waals surface area (Å²) >= 11 is 0. The number of ether oxygens (including phenoxy) is 2. The zero-order chi connectivity index (χ0) is 22.9. The van der Waals surface area contributed by atoms with Crippen LogP contribution in [0.25, 0.3) is 10.9 Å². The first kappa shape index (κ1) is 21.1. The molecule has 1 unspecified atom stereocenters. The second-order valence-electron chi connectivity index (χ2n) is 7.85. The largest absolute Gasteiger partial charge is 0.492 e. The van der Waals surface area contributed by atoms with E-state index in [0.717, 1.165) is 17.2 Å². The van der Waals surface area contributed by atoms with Crippen molar-refractivity contribution in [2.24, 2.45) is 10.7 Å². The highest BCUT2D eigenvalue weighted by Gasteiger charge is 2.39. The summed E-state index contributed by atoms with van der Waals surface area (Å²) in [7, 11) is 1.02. The Morgan fingerprint density at radius 3 is 2.85 bits per heavy atom. The van der Waals surface area contributed by atoms with Gasteiger partial charge in [0.15, 0.2) is 16.7 Å². The molecule has 2 aliphatic rings. The highest BCUT2D eigenvalue weighted by atomic mass is 32.2. The number of nitrogens with two attached hydrogens (primary N) is 1. The molecule has 3 atom stereocenters. The minimum absolute atomic E-state index is 0.0255. The summed E-state index contributed by atoms with van der Waals surface area (Å²) in [5.74, 6) is 1.27. The molecular weight excluding hydrogens is 440 g/mol. The molecule has 2 aromatic carbocycles. The first-order chi connectivity index (χ1) is 16.0. The minimum atomic E-state index is -0.941. The summed E-state index contributed by atoms with van der Waals surface area (Å²) in [6.07, 6.45) is 1.45. The predicted octanol–water partition coefficient (Wildman–Crippen LogP) is 3.16. The van der Waals surface area contributed by atoms with Gasteiger partial charge in [-0.1, -0.05) is 36.4 Å². The molecule has 1 aromatic heterocycles. The number of aliphatic imine (C=N–C) groups is 1. The Bertz CT molecular complexity index is 1320. The number of pyridine rings is 1. The molecule has 8 nitrogen and oxygen atoms in total. The van der Waals surface area contributed by atoms with Crippen LogP contribution in [0.3, 0.4) is 0 Å². The molecule has 1 aliphatic carbocycles. The molecule has 1 saturated heterocycles. The van der Waals surface area contributed by atoms with Gasteiger partial charge in [0.1, 0.15) is 0 Å². The number of carbonyl (C=O) groups is 2. The van der Waals surface area contributed by atoms with E-state index in [1.54, 1.807) is 0 Å². The second kappa shape index (κ2) is 8.67. The van der Waals surface area contributed by atoms with Crippen molar-refractivity contribution in [1.82, 2.24) is 10.3 Å². The number of amidine groups is 1. The average molecular weight is 463 g/mol. The van der Waals surface area contributed by atoms with Gasteiger partial charge >= 0.3 is 6.09 Å². The monoisotopic (exact) mass is 462 g/mol. The van der Waals surface area contributed by atoms with Crippen LogP contribution < -0.4 is 20.5 Å².